The second-order valence-electron chi connectivity index (χ2n) is 8.29. The molecule has 1 amide bonds. The number of likely N-dealkylation sites (N-methyl/N-ethyl adjacent to an activating group) is 1. The van der Waals surface area contributed by atoms with Gasteiger partial charge in [0.2, 0.25) is 5.91 Å². The summed E-state index contributed by atoms with van der Waals surface area (Å²) in [5.74, 6) is -0.205. The minimum absolute atomic E-state index is 0.00405. The van der Waals surface area contributed by atoms with Crippen molar-refractivity contribution in [2.45, 2.75) is 30.0 Å². The van der Waals surface area contributed by atoms with Gasteiger partial charge >= 0.3 is 0 Å². The van der Waals surface area contributed by atoms with E-state index in [1.807, 2.05) is 36.1 Å². The van der Waals surface area contributed by atoms with Crippen LogP contribution in [0.25, 0.3) is 0 Å². The Morgan fingerprint density at radius 2 is 1.80 bits per heavy atom. The molecule has 0 N–H and O–H groups in total. The molecule has 4 rings (SSSR count). The van der Waals surface area contributed by atoms with Gasteiger partial charge in [-0.25, -0.2) is 8.42 Å². The van der Waals surface area contributed by atoms with Gasteiger partial charge in [-0.15, -0.1) is 11.3 Å². The van der Waals surface area contributed by atoms with Crippen LogP contribution in [0.5, 0.6) is 0 Å². The summed E-state index contributed by atoms with van der Waals surface area (Å²) in [6.45, 7) is 4.95. The Morgan fingerprint density at radius 3 is 2.50 bits per heavy atom. The van der Waals surface area contributed by atoms with Crippen LogP contribution in [0.4, 0.5) is 0 Å². The number of aryl methyl sites for hydroxylation is 1. The van der Waals surface area contributed by atoms with Crippen molar-refractivity contribution in [2.75, 3.05) is 39.8 Å². The molecule has 30 heavy (non-hydrogen) atoms. The van der Waals surface area contributed by atoms with Crippen LogP contribution in [-0.2, 0) is 14.8 Å². The number of piperazine rings is 1. The number of rotatable bonds is 4. The first-order chi connectivity index (χ1) is 14.4. The largest absolute Gasteiger partial charge is 0.333 e. The Bertz CT molecular complexity index is 990. The number of amides is 1. The van der Waals surface area contributed by atoms with Crippen molar-refractivity contribution < 1.29 is 13.2 Å². The van der Waals surface area contributed by atoms with Gasteiger partial charge in [0.05, 0.1) is 12.0 Å². The molecule has 0 saturated carbocycles. The highest BCUT2D eigenvalue weighted by atomic mass is 32.2. The van der Waals surface area contributed by atoms with Gasteiger partial charge in [-0.2, -0.15) is 4.31 Å². The second-order valence-corrected chi connectivity index (χ2v) is 11.7. The Hall–Kier alpha value is -1.74. The Balaban J connectivity index is 1.53. The first kappa shape index (κ1) is 21.5. The smallest absolute Gasteiger partial charge is 0.252 e. The maximum Gasteiger partial charge on any atom is 0.252 e. The van der Waals surface area contributed by atoms with Gasteiger partial charge < -0.3 is 9.80 Å². The van der Waals surface area contributed by atoms with Crippen LogP contribution in [0.15, 0.2) is 46.7 Å². The molecule has 8 heteroatoms. The molecule has 2 atom stereocenters. The molecule has 162 valence electrons. The number of hydrogen-bond acceptors (Lipinski definition) is 5. The Labute approximate surface area is 183 Å². The molecule has 6 nitrogen and oxygen atoms in total. The van der Waals surface area contributed by atoms with Gasteiger partial charge in [-0.1, -0.05) is 30.3 Å². The number of thiophene rings is 1. The van der Waals surface area contributed by atoms with Crippen molar-refractivity contribution in [3.8, 4) is 0 Å². The monoisotopic (exact) mass is 447 g/mol. The van der Waals surface area contributed by atoms with E-state index in [1.54, 1.807) is 6.07 Å². The van der Waals surface area contributed by atoms with E-state index in [9.17, 15) is 13.2 Å². The molecule has 2 aliphatic heterocycles. The highest BCUT2D eigenvalue weighted by Crippen LogP contribution is 2.32. The maximum atomic E-state index is 13.5. The highest BCUT2D eigenvalue weighted by molar-refractivity contribution is 7.91. The summed E-state index contributed by atoms with van der Waals surface area (Å²) >= 11 is 1.29. The van der Waals surface area contributed by atoms with Crippen molar-refractivity contribution >= 4 is 27.3 Å². The molecule has 3 heterocycles. The SMILES string of the molecule is Cc1ccc(S(=O)(=O)N2CCC[C@H](C(=O)N3CCN(C)C[C@@H]3c3ccccc3)C2)s1. The van der Waals surface area contributed by atoms with E-state index in [0.717, 1.165) is 30.0 Å². The summed E-state index contributed by atoms with van der Waals surface area (Å²) in [7, 11) is -1.46. The Kier molecular flexibility index (Phi) is 6.29. The van der Waals surface area contributed by atoms with Gasteiger partial charge in [0, 0.05) is 37.6 Å². The molecule has 1 aromatic carbocycles. The second kappa shape index (κ2) is 8.78. The van der Waals surface area contributed by atoms with E-state index in [2.05, 4.69) is 24.1 Å². The summed E-state index contributed by atoms with van der Waals surface area (Å²) in [4.78, 5) is 18.7. The van der Waals surface area contributed by atoms with Crippen LogP contribution in [0, 0.1) is 12.8 Å². The zero-order valence-electron chi connectivity index (χ0n) is 17.5. The van der Waals surface area contributed by atoms with Gasteiger partial charge in [0.15, 0.2) is 0 Å². The van der Waals surface area contributed by atoms with Crippen LogP contribution >= 0.6 is 11.3 Å². The standard InChI is InChI=1S/C22H29N3O3S2/c1-17-10-11-21(29-17)30(27,28)24-12-6-9-19(15-24)22(26)25-14-13-23(2)16-20(25)18-7-4-3-5-8-18/h3-5,7-8,10-11,19-20H,6,9,12-16H2,1-2H3/t19-,20+/m0/s1. The van der Waals surface area contributed by atoms with Gasteiger partial charge in [0.25, 0.3) is 10.0 Å². The number of benzene rings is 1. The number of sulfonamides is 1. The summed E-state index contributed by atoms with van der Waals surface area (Å²) in [5, 5.41) is 0. The van der Waals surface area contributed by atoms with E-state index in [-0.39, 0.29) is 24.4 Å². The molecule has 1 aromatic heterocycles. The number of hydrogen-bond donors (Lipinski definition) is 0. The quantitative estimate of drug-likeness (QED) is 0.723. The van der Waals surface area contributed by atoms with E-state index in [4.69, 9.17) is 0 Å². The third-order valence-corrected chi connectivity index (χ3v) is 9.43. The molecule has 0 unspecified atom stereocenters. The van der Waals surface area contributed by atoms with Crippen molar-refractivity contribution in [3.63, 3.8) is 0 Å². The van der Waals surface area contributed by atoms with Crippen molar-refractivity contribution in [3.05, 3.63) is 52.9 Å². The minimum Gasteiger partial charge on any atom is -0.333 e. The third-order valence-electron chi connectivity index (χ3n) is 6.09. The fourth-order valence-electron chi connectivity index (χ4n) is 4.42. The molecule has 2 aromatic rings. The summed E-state index contributed by atoms with van der Waals surface area (Å²) in [6, 6.07) is 13.6. The molecule has 0 aliphatic carbocycles. The molecule has 2 aliphatic rings. The van der Waals surface area contributed by atoms with Crippen molar-refractivity contribution in [1.29, 1.82) is 0 Å². The maximum absolute atomic E-state index is 13.5. The molecule has 0 bridgehead atoms. The summed E-state index contributed by atoms with van der Waals surface area (Å²) in [6.07, 6.45) is 1.45. The van der Waals surface area contributed by atoms with E-state index >= 15 is 0 Å². The lowest BCUT2D eigenvalue weighted by molar-refractivity contribution is -0.141. The normalized spacial score (nSPS) is 24.1. The number of nitrogens with zero attached hydrogens (tertiary/aromatic N) is 3. The summed E-state index contributed by atoms with van der Waals surface area (Å²) < 4.78 is 28.0. The van der Waals surface area contributed by atoms with Crippen LogP contribution in [0.3, 0.4) is 0 Å². The van der Waals surface area contributed by atoms with Crippen LogP contribution in [-0.4, -0.2) is 68.2 Å². The molecular formula is C22H29N3O3S2. The Morgan fingerprint density at radius 1 is 1.03 bits per heavy atom. The average Bonchev–Trinajstić information content (AvgIpc) is 3.21. The van der Waals surface area contributed by atoms with E-state index in [0.29, 0.717) is 23.7 Å². The van der Waals surface area contributed by atoms with E-state index in [1.165, 1.54) is 15.6 Å². The minimum atomic E-state index is -3.54. The van der Waals surface area contributed by atoms with Crippen LogP contribution < -0.4 is 0 Å². The first-order valence-corrected chi connectivity index (χ1v) is 12.7. The average molecular weight is 448 g/mol. The lowest BCUT2D eigenvalue weighted by Crippen LogP contribution is -2.53. The lowest BCUT2D eigenvalue weighted by atomic mass is 9.95. The zero-order valence-corrected chi connectivity index (χ0v) is 19.2. The molecule has 0 spiro atoms. The van der Waals surface area contributed by atoms with Gasteiger partial charge in [0.1, 0.15) is 4.21 Å². The molecule has 0 radical (unpaired) electrons. The predicted molar refractivity (Wildman–Crippen MR) is 119 cm³/mol. The van der Waals surface area contributed by atoms with Gasteiger partial charge in [-0.3, -0.25) is 4.79 Å². The number of carbonyl (C=O) groups excluding carboxylic acids is 1. The third kappa shape index (κ3) is 4.32. The number of piperidine rings is 1. The zero-order chi connectivity index (χ0) is 21.3. The van der Waals surface area contributed by atoms with Crippen molar-refractivity contribution in [2.24, 2.45) is 5.92 Å². The fourth-order valence-corrected chi connectivity index (χ4v) is 7.38. The van der Waals surface area contributed by atoms with Crippen LogP contribution in [0.1, 0.15) is 29.3 Å². The van der Waals surface area contributed by atoms with E-state index < -0.39 is 10.0 Å². The highest BCUT2D eigenvalue weighted by Gasteiger charge is 2.38. The predicted octanol–water partition coefficient (Wildman–Crippen LogP) is 2.97. The first-order valence-electron chi connectivity index (χ1n) is 10.5. The number of carbonyl (C=O) groups is 1. The van der Waals surface area contributed by atoms with Crippen LogP contribution in [0.2, 0.25) is 0 Å². The molecule has 2 saturated heterocycles. The molecular weight excluding hydrogens is 418 g/mol. The van der Waals surface area contributed by atoms with Crippen molar-refractivity contribution in [1.82, 2.24) is 14.1 Å². The topological polar surface area (TPSA) is 60.9 Å². The van der Waals surface area contributed by atoms with Gasteiger partial charge in [-0.05, 0) is 44.5 Å². The lowest BCUT2D eigenvalue weighted by Gasteiger charge is -2.43. The molecule has 2 fully saturated rings. The fraction of sp³-hybridized carbons (Fsp3) is 0.500. The summed E-state index contributed by atoms with van der Waals surface area (Å²) in [5.41, 5.74) is 1.13.